The topological polar surface area (TPSA) is 98.8 Å². The van der Waals surface area contributed by atoms with Crippen LogP contribution in [0, 0.1) is 5.92 Å². The highest BCUT2D eigenvalue weighted by Crippen LogP contribution is 2.35. The first-order valence-corrected chi connectivity index (χ1v) is 15.0. The van der Waals surface area contributed by atoms with Crippen LogP contribution in [-0.4, -0.2) is 57.0 Å². The minimum Gasteiger partial charge on any atom is -0.341 e. The van der Waals surface area contributed by atoms with Crippen LogP contribution in [0.15, 0.2) is 53.4 Å². The molecular formula is C27H32ClF3N4O4S. The third-order valence-electron chi connectivity index (χ3n) is 7.05. The molecule has 1 heterocycles. The van der Waals surface area contributed by atoms with E-state index in [1.807, 2.05) is 0 Å². The number of sulfonamides is 1. The van der Waals surface area contributed by atoms with Crippen molar-refractivity contribution in [3.63, 3.8) is 0 Å². The molecule has 1 aliphatic carbocycles. The van der Waals surface area contributed by atoms with Crippen LogP contribution in [0.4, 0.5) is 23.7 Å². The van der Waals surface area contributed by atoms with E-state index in [9.17, 15) is 31.2 Å². The number of amides is 3. The first-order valence-electron chi connectivity index (χ1n) is 13.2. The fraction of sp³-hybridized carbons (Fsp3) is 0.481. The zero-order chi connectivity index (χ0) is 29.1. The fourth-order valence-electron chi connectivity index (χ4n) is 4.81. The van der Waals surface area contributed by atoms with E-state index in [0.29, 0.717) is 19.5 Å². The van der Waals surface area contributed by atoms with Gasteiger partial charge in [0, 0.05) is 30.7 Å². The van der Waals surface area contributed by atoms with E-state index in [4.69, 9.17) is 11.6 Å². The second-order valence-electron chi connectivity index (χ2n) is 10.1. The van der Waals surface area contributed by atoms with Crippen LogP contribution < -0.4 is 14.9 Å². The molecule has 13 heteroatoms. The summed E-state index contributed by atoms with van der Waals surface area (Å²) in [6.45, 7) is 2.62. The van der Waals surface area contributed by atoms with Crippen LogP contribution in [0.5, 0.6) is 0 Å². The van der Waals surface area contributed by atoms with Crippen molar-refractivity contribution in [2.75, 3.05) is 23.9 Å². The third kappa shape index (κ3) is 7.20. The Bertz CT molecular complexity index is 1320. The summed E-state index contributed by atoms with van der Waals surface area (Å²) in [5.74, 6) is -0.556. The molecule has 1 saturated carbocycles. The van der Waals surface area contributed by atoms with Crippen LogP contribution >= 0.6 is 11.6 Å². The Balaban J connectivity index is 1.62. The Morgan fingerprint density at radius 2 is 1.82 bits per heavy atom. The van der Waals surface area contributed by atoms with E-state index in [1.165, 1.54) is 30.3 Å². The smallest absolute Gasteiger partial charge is 0.341 e. The lowest BCUT2D eigenvalue weighted by molar-refractivity contribution is -0.137. The van der Waals surface area contributed by atoms with E-state index in [1.54, 1.807) is 11.8 Å². The van der Waals surface area contributed by atoms with Crippen LogP contribution in [0.2, 0.25) is 5.02 Å². The summed E-state index contributed by atoms with van der Waals surface area (Å²) >= 11 is 5.93. The van der Waals surface area contributed by atoms with Crippen molar-refractivity contribution < 1.29 is 31.2 Å². The second kappa shape index (κ2) is 12.3. The maximum absolute atomic E-state index is 13.9. The van der Waals surface area contributed by atoms with Crippen molar-refractivity contribution in [2.24, 2.45) is 5.92 Å². The first kappa shape index (κ1) is 30.0. The van der Waals surface area contributed by atoms with Gasteiger partial charge in [-0.1, -0.05) is 24.6 Å². The first-order chi connectivity index (χ1) is 18.9. The van der Waals surface area contributed by atoms with Gasteiger partial charge >= 0.3 is 12.2 Å². The molecule has 0 bridgehead atoms. The van der Waals surface area contributed by atoms with Gasteiger partial charge in [0.05, 0.1) is 16.1 Å². The summed E-state index contributed by atoms with van der Waals surface area (Å²) in [6, 6.07) is 7.85. The maximum Gasteiger partial charge on any atom is 0.416 e. The molecule has 2 aliphatic rings. The fourth-order valence-corrected chi connectivity index (χ4v) is 6.61. The predicted molar refractivity (Wildman–Crippen MR) is 146 cm³/mol. The summed E-state index contributed by atoms with van der Waals surface area (Å²) < 4.78 is 69.3. The molecular weight excluding hydrogens is 569 g/mol. The van der Waals surface area contributed by atoms with Crippen molar-refractivity contribution >= 4 is 39.2 Å². The molecule has 1 saturated heterocycles. The Morgan fingerprint density at radius 1 is 1.12 bits per heavy atom. The van der Waals surface area contributed by atoms with Gasteiger partial charge in [-0.2, -0.15) is 13.2 Å². The molecule has 0 spiro atoms. The molecule has 3 amide bonds. The number of carbonyl (C=O) groups excluding carboxylic acids is 2. The monoisotopic (exact) mass is 600 g/mol. The van der Waals surface area contributed by atoms with Gasteiger partial charge in [0.2, 0.25) is 5.91 Å². The van der Waals surface area contributed by atoms with Gasteiger partial charge < -0.3 is 15.5 Å². The van der Waals surface area contributed by atoms with E-state index in [0.717, 1.165) is 41.8 Å². The summed E-state index contributed by atoms with van der Waals surface area (Å²) in [4.78, 5) is 27.3. The molecule has 2 aromatic rings. The highest BCUT2D eigenvalue weighted by molar-refractivity contribution is 7.93. The number of carbonyl (C=O) groups is 2. The Morgan fingerprint density at radius 3 is 2.45 bits per heavy atom. The van der Waals surface area contributed by atoms with Gasteiger partial charge in [-0.25, -0.2) is 13.2 Å². The highest BCUT2D eigenvalue weighted by atomic mass is 35.5. The number of anilines is 1. The number of halogens is 4. The molecule has 2 fully saturated rings. The highest BCUT2D eigenvalue weighted by Gasteiger charge is 2.40. The molecule has 40 heavy (non-hydrogen) atoms. The van der Waals surface area contributed by atoms with E-state index >= 15 is 0 Å². The zero-order valence-electron chi connectivity index (χ0n) is 22.0. The summed E-state index contributed by atoms with van der Waals surface area (Å²) in [5.41, 5.74) is -1.30. The lowest BCUT2D eigenvalue weighted by Crippen LogP contribution is -2.54. The van der Waals surface area contributed by atoms with Gasteiger partial charge in [-0.15, -0.1) is 0 Å². The minimum atomic E-state index is -4.71. The number of hydrogen-bond acceptors (Lipinski definition) is 4. The molecule has 0 aromatic heterocycles. The predicted octanol–water partition coefficient (Wildman–Crippen LogP) is 5.03. The van der Waals surface area contributed by atoms with Crippen molar-refractivity contribution in [1.29, 1.82) is 0 Å². The Kier molecular flexibility index (Phi) is 9.19. The number of urea groups is 1. The average molecular weight is 601 g/mol. The second-order valence-corrected chi connectivity index (χ2v) is 12.4. The SMILES string of the molecule is CCC(C(=O)N1CCC[C@@H](CNC(=O)NC2CC2)C1)N(c1cccc(C(F)(F)F)c1)S(=O)(=O)c1ccc(Cl)cc1. The van der Waals surface area contributed by atoms with Crippen LogP contribution in [0.3, 0.4) is 0 Å². The van der Waals surface area contributed by atoms with E-state index < -0.39 is 33.7 Å². The molecule has 8 nitrogen and oxygen atoms in total. The zero-order valence-corrected chi connectivity index (χ0v) is 23.5. The van der Waals surface area contributed by atoms with Crippen molar-refractivity contribution in [3.8, 4) is 0 Å². The molecule has 1 unspecified atom stereocenters. The minimum absolute atomic E-state index is 0.0190. The molecule has 2 aromatic carbocycles. The molecule has 0 radical (unpaired) electrons. The van der Waals surface area contributed by atoms with Crippen molar-refractivity contribution in [3.05, 3.63) is 59.1 Å². The number of nitrogens with one attached hydrogen (secondary N) is 2. The van der Waals surface area contributed by atoms with Crippen molar-refractivity contribution in [1.82, 2.24) is 15.5 Å². The molecule has 218 valence electrons. The quantitative estimate of drug-likeness (QED) is 0.422. The number of benzene rings is 2. The molecule has 4 rings (SSSR count). The number of likely N-dealkylation sites (tertiary alicyclic amines) is 1. The van der Waals surface area contributed by atoms with Crippen LogP contribution in [0.1, 0.15) is 44.6 Å². The number of nitrogens with zero attached hydrogens (tertiary/aromatic N) is 2. The van der Waals surface area contributed by atoms with Gasteiger partial charge in [-0.3, -0.25) is 9.10 Å². The molecule has 1 aliphatic heterocycles. The standard InChI is InChI=1S/C27H32ClF3N4O4S/c1-2-24(25(36)34-14-4-5-18(17-34)16-32-26(37)33-21-10-11-21)35(22-7-3-6-19(15-22)27(29,30)31)40(38,39)23-12-8-20(28)9-13-23/h3,6-9,12-13,15,18,21,24H,2,4-5,10-11,14,16-17H2,1H3,(H2,32,33,37)/t18-,24?/m0/s1. The number of rotatable bonds is 9. The van der Waals surface area contributed by atoms with Crippen molar-refractivity contribution in [2.45, 2.75) is 62.2 Å². The van der Waals surface area contributed by atoms with Gasteiger partial charge in [0.15, 0.2) is 0 Å². The van der Waals surface area contributed by atoms with E-state index in [-0.39, 0.29) is 46.6 Å². The molecule has 2 N–H and O–H groups in total. The van der Waals surface area contributed by atoms with E-state index in [2.05, 4.69) is 10.6 Å². The van der Waals surface area contributed by atoms with Gasteiger partial charge in [0.25, 0.3) is 10.0 Å². The largest absolute Gasteiger partial charge is 0.416 e. The lowest BCUT2D eigenvalue weighted by Gasteiger charge is -2.38. The summed E-state index contributed by atoms with van der Waals surface area (Å²) in [7, 11) is -4.47. The molecule has 2 atom stereocenters. The summed E-state index contributed by atoms with van der Waals surface area (Å²) in [5, 5.41) is 5.96. The maximum atomic E-state index is 13.9. The van der Waals surface area contributed by atoms with Gasteiger partial charge in [-0.05, 0) is 80.5 Å². The number of alkyl halides is 3. The Labute approximate surface area is 236 Å². The number of piperidine rings is 1. The average Bonchev–Trinajstić information content (AvgIpc) is 3.74. The lowest BCUT2D eigenvalue weighted by atomic mass is 9.97. The Hall–Kier alpha value is -2.99. The third-order valence-corrected chi connectivity index (χ3v) is 9.15. The van der Waals surface area contributed by atoms with Crippen LogP contribution in [0.25, 0.3) is 0 Å². The normalized spacial score (nSPS) is 18.6. The summed E-state index contributed by atoms with van der Waals surface area (Å²) in [6.07, 6.45) is -1.37. The van der Waals surface area contributed by atoms with Gasteiger partial charge in [0.1, 0.15) is 6.04 Å². The van der Waals surface area contributed by atoms with Crippen LogP contribution in [-0.2, 0) is 21.0 Å². The number of hydrogen-bond donors (Lipinski definition) is 2.